The fraction of sp³-hybridized carbons (Fsp3) is 0.275. The van der Waals surface area contributed by atoms with Crippen molar-refractivity contribution in [3.8, 4) is 5.75 Å². The quantitative estimate of drug-likeness (QED) is 0.133. The molecule has 0 aliphatic carbocycles. The third-order valence-electron chi connectivity index (χ3n) is 9.87. The molecule has 8 nitrogen and oxygen atoms in total. The van der Waals surface area contributed by atoms with Crippen LogP contribution in [-0.4, -0.2) is 45.0 Å². The molecule has 1 aliphatic heterocycles. The first-order chi connectivity index (χ1) is 24.0. The van der Waals surface area contributed by atoms with Crippen molar-refractivity contribution in [1.29, 1.82) is 0 Å². The summed E-state index contributed by atoms with van der Waals surface area (Å²) in [6, 6.07) is 38.3. The molecule has 0 unspecified atom stereocenters. The summed E-state index contributed by atoms with van der Waals surface area (Å²) >= 11 is 0. The number of aromatic nitrogens is 4. The standard InChI is InChI=1S/C40H40FN5O3/c1-4-34-28(2)39(25-41,48-24-29-14-8-5-9-15-29)38(49-34)46-27-44-35-36(42-26-43-37(35)46)45-40(30-16-10-6-11-17-30,31-18-12-7-13-19-31)32-20-22-33(47-3)23-21-32/h5-23,26-28,34,38H,4,24-25H2,1-3H3,(H,42,43,45)/t28-,34-,38-,39-/m1/s1. The number of imidazole rings is 1. The largest absolute Gasteiger partial charge is 0.497 e. The van der Waals surface area contributed by atoms with Gasteiger partial charge in [0.2, 0.25) is 0 Å². The number of ether oxygens (including phenoxy) is 3. The van der Waals surface area contributed by atoms with Crippen LogP contribution in [0.3, 0.4) is 0 Å². The fourth-order valence-electron chi connectivity index (χ4n) is 7.14. The molecule has 4 aromatic carbocycles. The van der Waals surface area contributed by atoms with Crippen LogP contribution in [0.15, 0.2) is 128 Å². The highest BCUT2D eigenvalue weighted by atomic mass is 19.1. The Morgan fingerprint density at radius 2 is 1.45 bits per heavy atom. The van der Waals surface area contributed by atoms with E-state index in [0.717, 1.165) is 28.0 Å². The number of hydrogen-bond donors (Lipinski definition) is 1. The second kappa shape index (κ2) is 13.8. The molecule has 0 saturated carbocycles. The number of alkyl halides is 1. The maximum atomic E-state index is 15.5. The Balaban J connectivity index is 1.35. The lowest BCUT2D eigenvalue weighted by atomic mass is 9.77. The van der Waals surface area contributed by atoms with Crippen LogP contribution in [0.1, 0.15) is 48.8 Å². The Morgan fingerprint density at radius 1 is 0.837 bits per heavy atom. The van der Waals surface area contributed by atoms with Gasteiger partial charge in [-0.1, -0.05) is 117 Å². The van der Waals surface area contributed by atoms with Crippen molar-refractivity contribution >= 4 is 17.0 Å². The highest BCUT2D eigenvalue weighted by Crippen LogP contribution is 2.48. The number of methoxy groups -OCH3 is 1. The van der Waals surface area contributed by atoms with Crippen molar-refractivity contribution in [3.05, 3.63) is 150 Å². The van der Waals surface area contributed by atoms with Gasteiger partial charge in [0.05, 0.1) is 26.1 Å². The van der Waals surface area contributed by atoms with E-state index in [1.807, 2.05) is 92.7 Å². The van der Waals surface area contributed by atoms with Crippen molar-refractivity contribution in [1.82, 2.24) is 19.5 Å². The van der Waals surface area contributed by atoms with Crippen molar-refractivity contribution in [3.63, 3.8) is 0 Å². The average Bonchev–Trinajstić information content (AvgIpc) is 3.72. The van der Waals surface area contributed by atoms with E-state index in [4.69, 9.17) is 24.2 Å². The maximum Gasteiger partial charge on any atom is 0.169 e. The van der Waals surface area contributed by atoms with Crippen LogP contribution >= 0.6 is 0 Å². The van der Waals surface area contributed by atoms with E-state index in [9.17, 15) is 0 Å². The van der Waals surface area contributed by atoms with E-state index in [2.05, 4.69) is 46.7 Å². The zero-order valence-electron chi connectivity index (χ0n) is 27.9. The minimum absolute atomic E-state index is 0.215. The molecule has 7 rings (SSSR count). The molecule has 0 radical (unpaired) electrons. The minimum Gasteiger partial charge on any atom is -0.497 e. The number of rotatable bonds is 12. The zero-order valence-corrected chi connectivity index (χ0v) is 27.9. The van der Waals surface area contributed by atoms with E-state index in [1.165, 1.54) is 6.33 Å². The average molecular weight is 658 g/mol. The van der Waals surface area contributed by atoms with E-state index in [-0.39, 0.29) is 18.6 Å². The van der Waals surface area contributed by atoms with Crippen LogP contribution in [-0.2, 0) is 21.6 Å². The molecule has 9 heteroatoms. The topological polar surface area (TPSA) is 83.3 Å². The Hall–Kier alpha value is -5.12. The molecular weight excluding hydrogens is 617 g/mol. The summed E-state index contributed by atoms with van der Waals surface area (Å²) in [7, 11) is 1.66. The van der Waals surface area contributed by atoms with Crippen LogP contribution in [0, 0.1) is 5.92 Å². The third kappa shape index (κ3) is 5.72. The molecule has 0 amide bonds. The summed E-state index contributed by atoms with van der Waals surface area (Å²) < 4.78 is 35.9. The van der Waals surface area contributed by atoms with Crippen LogP contribution in [0.25, 0.3) is 11.2 Å². The number of benzene rings is 4. The van der Waals surface area contributed by atoms with E-state index in [0.29, 0.717) is 23.4 Å². The van der Waals surface area contributed by atoms with Gasteiger partial charge in [0.25, 0.3) is 0 Å². The summed E-state index contributed by atoms with van der Waals surface area (Å²) in [5.74, 6) is 1.04. The summed E-state index contributed by atoms with van der Waals surface area (Å²) in [5, 5.41) is 3.82. The monoisotopic (exact) mass is 657 g/mol. The summed E-state index contributed by atoms with van der Waals surface area (Å²) in [6.07, 6.45) is 2.86. The molecule has 1 fully saturated rings. The van der Waals surface area contributed by atoms with Crippen molar-refractivity contribution in [2.24, 2.45) is 5.92 Å². The van der Waals surface area contributed by atoms with Gasteiger partial charge in [0.15, 0.2) is 23.2 Å². The Labute approximate surface area is 285 Å². The summed E-state index contributed by atoms with van der Waals surface area (Å²) in [6.45, 7) is 3.56. The first kappa shape index (κ1) is 32.4. The van der Waals surface area contributed by atoms with Crippen molar-refractivity contribution < 1.29 is 18.6 Å². The molecule has 3 heterocycles. The second-order valence-electron chi connectivity index (χ2n) is 12.5. The molecule has 1 N–H and O–H groups in total. The number of fused-ring (bicyclic) bond motifs is 1. The molecule has 0 bridgehead atoms. The summed E-state index contributed by atoms with van der Waals surface area (Å²) in [5.41, 5.74) is 2.83. The fourth-order valence-corrected chi connectivity index (χ4v) is 7.14. The minimum atomic E-state index is -1.26. The van der Waals surface area contributed by atoms with Gasteiger partial charge in [-0.25, -0.2) is 19.3 Å². The maximum absolute atomic E-state index is 15.5. The van der Waals surface area contributed by atoms with Gasteiger partial charge in [0.1, 0.15) is 29.9 Å². The zero-order chi connectivity index (χ0) is 33.8. The number of nitrogens with one attached hydrogen (secondary N) is 1. The first-order valence-corrected chi connectivity index (χ1v) is 16.6. The smallest absolute Gasteiger partial charge is 0.169 e. The van der Waals surface area contributed by atoms with Gasteiger partial charge in [-0.15, -0.1) is 0 Å². The van der Waals surface area contributed by atoms with Gasteiger partial charge in [-0.05, 0) is 40.8 Å². The molecular formula is C40H40FN5O3. The highest BCUT2D eigenvalue weighted by molar-refractivity contribution is 5.84. The molecule has 0 spiro atoms. The van der Waals surface area contributed by atoms with E-state index >= 15 is 4.39 Å². The normalized spacial score (nSPS) is 20.8. The molecule has 49 heavy (non-hydrogen) atoms. The lowest BCUT2D eigenvalue weighted by molar-refractivity contribution is -0.151. The number of halogens is 1. The second-order valence-corrected chi connectivity index (χ2v) is 12.5. The van der Waals surface area contributed by atoms with E-state index in [1.54, 1.807) is 18.0 Å². The molecule has 1 saturated heterocycles. The van der Waals surface area contributed by atoms with E-state index < -0.39 is 24.0 Å². The lowest BCUT2D eigenvalue weighted by Crippen LogP contribution is -2.46. The van der Waals surface area contributed by atoms with Crippen LogP contribution < -0.4 is 10.1 Å². The Kier molecular flexibility index (Phi) is 9.12. The van der Waals surface area contributed by atoms with Gasteiger partial charge in [0, 0.05) is 5.92 Å². The third-order valence-corrected chi connectivity index (χ3v) is 9.87. The molecule has 4 atom stereocenters. The van der Waals surface area contributed by atoms with Crippen molar-refractivity contribution in [2.45, 2.75) is 50.3 Å². The predicted molar refractivity (Wildman–Crippen MR) is 188 cm³/mol. The van der Waals surface area contributed by atoms with Gasteiger partial charge in [-0.2, -0.15) is 0 Å². The highest BCUT2D eigenvalue weighted by Gasteiger charge is 2.57. The first-order valence-electron chi connectivity index (χ1n) is 16.6. The predicted octanol–water partition coefficient (Wildman–Crippen LogP) is 8.11. The number of anilines is 1. The lowest BCUT2D eigenvalue weighted by Gasteiger charge is -2.37. The molecule has 6 aromatic rings. The molecule has 2 aromatic heterocycles. The number of hydrogen-bond acceptors (Lipinski definition) is 7. The van der Waals surface area contributed by atoms with Crippen LogP contribution in [0.4, 0.5) is 10.2 Å². The molecule has 250 valence electrons. The van der Waals surface area contributed by atoms with Gasteiger partial charge < -0.3 is 19.5 Å². The SMILES string of the molecule is CC[C@H]1O[C@@H](n2cnc3c(NC(c4ccccc4)(c4ccccc4)c4ccc(OC)cc4)ncnc32)[C@](CF)(OCc2ccccc2)[C@@H]1C. The van der Waals surface area contributed by atoms with Gasteiger partial charge >= 0.3 is 0 Å². The van der Waals surface area contributed by atoms with Gasteiger partial charge in [-0.3, -0.25) is 4.57 Å². The summed E-state index contributed by atoms with van der Waals surface area (Å²) in [4.78, 5) is 14.3. The van der Waals surface area contributed by atoms with Crippen LogP contribution in [0.5, 0.6) is 5.75 Å². The number of nitrogens with zero attached hydrogens (tertiary/aromatic N) is 4. The Bertz CT molecular complexity index is 1930. The van der Waals surface area contributed by atoms with Crippen molar-refractivity contribution in [2.75, 3.05) is 19.1 Å². The molecule has 1 aliphatic rings. The Morgan fingerprint density at radius 3 is 2.04 bits per heavy atom. The van der Waals surface area contributed by atoms with Crippen LogP contribution in [0.2, 0.25) is 0 Å².